The molecule has 0 spiro atoms. The molecule has 0 saturated carbocycles. The Morgan fingerprint density at radius 1 is 1.00 bits per heavy atom. The molecule has 0 radical (unpaired) electrons. The van der Waals surface area contributed by atoms with Gasteiger partial charge in [-0.05, 0) is 59.5 Å². The maximum absolute atomic E-state index is 6.12. The predicted octanol–water partition coefficient (Wildman–Crippen LogP) is 2.05. The summed E-state index contributed by atoms with van der Waals surface area (Å²) in [6.07, 6.45) is 6.66. The minimum Gasteiger partial charge on any atom is -0.370 e. The monoisotopic (exact) mass is 266 g/mol. The highest BCUT2D eigenvalue weighted by molar-refractivity contribution is 5.78. The van der Waals surface area contributed by atoms with Crippen molar-refractivity contribution in [3.63, 3.8) is 0 Å². The average molecular weight is 266 g/mol. The maximum Gasteiger partial charge on any atom is 0.191 e. The van der Waals surface area contributed by atoms with Crippen molar-refractivity contribution in [2.24, 2.45) is 10.7 Å². The van der Waals surface area contributed by atoms with Crippen molar-refractivity contribution < 1.29 is 0 Å². The number of aliphatic imine (C=N–C) groups is 1. The van der Waals surface area contributed by atoms with Crippen LogP contribution in [0.3, 0.4) is 0 Å². The molecule has 2 saturated heterocycles. The van der Waals surface area contributed by atoms with Crippen molar-refractivity contribution in [3.05, 3.63) is 0 Å². The SMILES string of the molecule is CC(C)(C)N=C(N)N1CCC(N2CCCCC2)CC1. The molecule has 110 valence electrons. The number of rotatable bonds is 1. The van der Waals surface area contributed by atoms with Gasteiger partial charge in [0, 0.05) is 19.1 Å². The molecule has 0 aromatic carbocycles. The molecule has 4 nitrogen and oxygen atoms in total. The number of nitrogens with zero attached hydrogens (tertiary/aromatic N) is 3. The summed E-state index contributed by atoms with van der Waals surface area (Å²) < 4.78 is 0. The van der Waals surface area contributed by atoms with E-state index >= 15 is 0 Å². The van der Waals surface area contributed by atoms with E-state index in [1.807, 2.05) is 0 Å². The highest BCUT2D eigenvalue weighted by Crippen LogP contribution is 2.21. The Kier molecular flexibility index (Phi) is 4.71. The molecule has 2 rings (SSSR count). The van der Waals surface area contributed by atoms with Gasteiger partial charge < -0.3 is 15.5 Å². The predicted molar refractivity (Wildman–Crippen MR) is 81.4 cm³/mol. The second-order valence-electron chi connectivity index (χ2n) is 6.96. The van der Waals surface area contributed by atoms with Crippen molar-refractivity contribution in [3.8, 4) is 0 Å². The zero-order valence-corrected chi connectivity index (χ0v) is 12.9. The third kappa shape index (κ3) is 4.37. The van der Waals surface area contributed by atoms with Crippen molar-refractivity contribution in [2.45, 2.75) is 64.5 Å². The molecule has 0 aromatic heterocycles. The van der Waals surface area contributed by atoms with E-state index in [1.54, 1.807) is 0 Å². The fraction of sp³-hybridized carbons (Fsp3) is 0.933. The Morgan fingerprint density at radius 3 is 2.11 bits per heavy atom. The summed E-state index contributed by atoms with van der Waals surface area (Å²) in [7, 11) is 0. The van der Waals surface area contributed by atoms with E-state index in [-0.39, 0.29) is 5.54 Å². The Hall–Kier alpha value is -0.770. The van der Waals surface area contributed by atoms with Gasteiger partial charge in [-0.25, -0.2) is 4.99 Å². The molecule has 0 bridgehead atoms. The van der Waals surface area contributed by atoms with Crippen LogP contribution in [0, 0.1) is 0 Å². The average Bonchev–Trinajstić information content (AvgIpc) is 2.38. The zero-order valence-electron chi connectivity index (χ0n) is 12.9. The molecule has 2 aliphatic heterocycles. The molecule has 0 unspecified atom stereocenters. The minimum atomic E-state index is -0.0756. The van der Waals surface area contributed by atoms with E-state index in [9.17, 15) is 0 Å². The number of hydrogen-bond donors (Lipinski definition) is 1. The molecule has 0 amide bonds. The summed E-state index contributed by atoms with van der Waals surface area (Å²) in [6, 6.07) is 0.777. The van der Waals surface area contributed by atoms with Gasteiger partial charge in [-0.15, -0.1) is 0 Å². The van der Waals surface area contributed by atoms with Gasteiger partial charge in [0.15, 0.2) is 5.96 Å². The van der Waals surface area contributed by atoms with Crippen LogP contribution in [-0.2, 0) is 0 Å². The molecular weight excluding hydrogens is 236 g/mol. The first-order valence-electron chi connectivity index (χ1n) is 7.80. The lowest BCUT2D eigenvalue weighted by Crippen LogP contribution is -2.50. The van der Waals surface area contributed by atoms with E-state index in [0.717, 1.165) is 25.1 Å². The van der Waals surface area contributed by atoms with Crippen LogP contribution < -0.4 is 5.73 Å². The van der Waals surface area contributed by atoms with Crippen LogP contribution in [0.2, 0.25) is 0 Å². The highest BCUT2D eigenvalue weighted by Gasteiger charge is 2.26. The van der Waals surface area contributed by atoms with Crippen LogP contribution in [0.25, 0.3) is 0 Å². The van der Waals surface area contributed by atoms with Crippen LogP contribution in [0.4, 0.5) is 0 Å². The Bertz CT molecular complexity index is 305. The lowest BCUT2D eigenvalue weighted by atomic mass is 10.00. The van der Waals surface area contributed by atoms with Crippen LogP contribution in [0.15, 0.2) is 4.99 Å². The smallest absolute Gasteiger partial charge is 0.191 e. The molecule has 2 fully saturated rings. The quantitative estimate of drug-likeness (QED) is 0.583. The number of piperidine rings is 2. The number of hydrogen-bond acceptors (Lipinski definition) is 2. The molecule has 2 heterocycles. The lowest BCUT2D eigenvalue weighted by molar-refractivity contribution is 0.114. The maximum atomic E-state index is 6.12. The molecule has 2 aliphatic rings. The number of likely N-dealkylation sites (tertiary alicyclic amines) is 2. The first-order valence-corrected chi connectivity index (χ1v) is 7.80. The van der Waals surface area contributed by atoms with Gasteiger partial charge in [0.2, 0.25) is 0 Å². The normalized spacial score (nSPS) is 24.8. The molecule has 2 N–H and O–H groups in total. The van der Waals surface area contributed by atoms with E-state index in [4.69, 9.17) is 5.73 Å². The van der Waals surface area contributed by atoms with Crippen LogP contribution in [0.1, 0.15) is 52.9 Å². The van der Waals surface area contributed by atoms with Gasteiger partial charge >= 0.3 is 0 Å². The lowest BCUT2D eigenvalue weighted by Gasteiger charge is -2.40. The van der Waals surface area contributed by atoms with E-state index in [0.29, 0.717) is 0 Å². The van der Waals surface area contributed by atoms with E-state index in [1.165, 1.54) is 45.2 Å². The number of guanidine groups is 1. The van der Waals surface area contributed by atoms with Crippen LogP contribution in [-0.4, -0.2) is 53.5 Å². The molecular formula is C15H30N4. The summed E-state index contributed by atoms with van der Waals surface area (Å²) in [5, 5.41) is 0. The third-order valence-electron chi connectivity index (χ3n) is 4.15. The van der Waals surface area contributed by atoms with E-state index in [2.05, 4.69) is 35.6 Å². The zero-order chi connectivity index (χ0) is 13.9. The Balaban J connectivity index is 1.83. The number of nitrogens with two attached hydrogens (primary N) is 1. The summed E-state index contributed by atoms with van der Waals surface area (Å²) in [6.45, 7) is 11.0. The van der Waals surface area contributed by atoms with Crippen LogP contribution >= 0.6 is 0 Å². The Labute approximate surface area is 118 Å². The van der Waals surface area contributed by atoms with Gasteiger partial charge in [0.1, 0.15) is 0 Å². The van der Waals surface area contributed by atoms with E-state index < -0.39 is 0 Å². The second kappa shape index (κ2) is 6.12. The van der Waals surface area contributed by atoms with Crippen LogP contribution in [0.5, 0.6) is 0 Å². The summed E-state index contributed by atoms with van der Waals surface area (Å²) in [5.74, 6) is 0.726. The molecule has 0 aromatic rings. The topological polar surface area (TPSA) is 44.9 Å². The van der Waals surface area contributed by atoms with Gasteiger partial charge in [-0.2, -0.15) is 0 Å². The van der Waals surface area contributed by atoms with Crippen molar-refractivity contribution in [1.29, 1.82) is 0 Å². The minimum absolute atomic E-state index is 0.0756. The van der Waals surface area contributed by atoms with Gasteiger partial charge in [0.05, 0.1) is 5.54 Å². The fourth-order valence-electron chi connectivity index (χ4n) is 3.16. The van der Waals surface area contributed by atoms with Crippen molar-refractivity contribution in [1.82, 2.24) is 9.80 Å². The molecule has 0 aliphatic carbocycles. The first kappa shape index (κ1) is 14.6. The summed E-state index contributed by atoms with van der Waals surface area (Å²) in [4.78, 5) is 9.53. The molecule has 0 atom stereocenters. The standard InChI is InChI=1S/C15H30N4/c1-15(2,3)17-14(16)19-11-7-13(8-12-19)18-9-5-4-6-10-18/h13H,4-12H2,1-3H3,(H2,16,17). The third-order valence-corrected chi connectivity index (χ3v) is 4.15. The fourth-order valence-corrected chi connectivity index (χ4v) is 3.16. The van der Waals surface area contributed by atoms with Crippen molar-refractivity contribution in [2.75, 3.05) is 26.2 Å². The first-order chi connectivity index (χ1) is 8.96. The largest absolute Gasteiger partial charge is 0.370 e. The van der Waals surface area contributed by atoms with Gasteiger partial charge in [-0.3, -0.25) is 0 Å². The molecule has 4 heteroatoms. The summed E-state index contributed by atoms with van der Waals surface area (Å²) >= 11 is 0. The van der Waals surface area contributed by atoms with Gasteiger partial charge in [-0.1, -0.05) is 6.42 Å². The highest BCUT2D eigenvalue weighted by atomic mass is 15.3. The second-order valence-corrected chi connectivity index (χ2v) is 6.96. The molecule has 19 heavy (non-hydrogen) atoms. The Morgan fingerprint density at radius 2 is 1.58 bits per heavy atom. The van der Waals surface area contributed by atoms with Crippen molar-refractivity contribution >= 4 is 5.96 Å². The summed E-state index contributed by atoms with van der Waals surface area (Å²) in [5.41, 5.74) is 6.05. The van der Waals surface area contributed by atoms with Gasteiger partial charge in [0.25, 0.3) is 0 Å².